The van der Waals surface area contributed by atoms with Crippen molar-refractivity contribution in [2.75, 3.05) is 32.7 Å². The summed E-state index contributed by atoms with van der Waals surface area (Å²) in [6.07, 6.45) is 0. The van der Waals surface area contributed by atoms with E-state index in [9.17, 15) is 13.2 Å². The van der Waals surface area contributed by atoms with Crippen LogP contribution in [0.2, 0.25) is 10.0 Å². The van der Waals surface area contributed by atoms with Gasteiger partial charge in [0.25, 0.3) is 0 Å². The minimum Gasteiger partial charge on any atom is -0.339 e. The van der Waals surface area contributed by atoms with Gasteiger partial charge >= 0.3 is 0 Å². The van der Waals surface area contributed by atoms with Crippen molar-refractivity contribution in [1.82, 2.24) is 14.1 Å². The highest BCUT2D eigenvalue weighted by atomic mass is 79.9. The van der Waals surface area contributed by atoms with Gasteiger partial charge in [0.2, 0.25) is 15.9 Å². The number of benzene rings is 4. The lowest BCUT2D eigenvalue weighted by atomic mass is 9.96. The fourth-order valence-corrected chi connectivity index (χ4v) is 7.29. The van der Waals surface area contributed by atoms with Crippen LogP contribution in [0.1, 0.15) is 22.7 Å². The number of sulfonamides is 1. The molecule has 0 saturated carbocycles. The van der Waals surface area contributed by atoms with Crippen molar-refractivity contribution in [3.8, 4) is 0 Å². The van der Waals surface area contributed by atoms with Gasteiger partial charge in [-0.05, 0) is 53.1 Å². The van der Waals surface area contributed by atoms with E-state index in [1.807, 2.05) is 36.4 Å². The lowest BCUT2D eigenvalue weighted by Gasteiger charge is -2.40. The fraction of sp³-hybridized carbons (Fsp3) is 0.219. The number of halogens is 3. The first kappa shape index (κ1) is 30.7. The summed E-state index contributed by atoms with van der Waals surface area (Å²) in [5.74, 6) is -0.253. The van der Waals surface area contributed by atoms with E-state index in [-0.39, 0.29) is 29.9 Å². The lowest BCUT2D eigenvalue weighted by molar-refractivity contribution is -0.133. The Balaban J connectivity index is 1.34. The molecule has 5 rings (SSSR count). The molecule has 4 aromatic carbocycles. The van der Waals surface area contributed by atoms with Gasteiger partial charge in [0.1, 0.15) is 0 Å². The van der Waals surface area contributed by atoms with Gasteiger partial charge in [0.15, 0.2) is 0 Å². The molecule has 6 nitrogen and oxygen atoms in total. The molecular formula is C32H30BrCl2N3O3S. The van der Waals surface area contributed by atoms with Crippen LogP contribution >= 0.6 is 39.1 Å². The summed E-state index contributed by atoms with van der Waals surface area (Å²) in [6.45, 7) is 1.92. The Labute approximate surface area is 265 Å². The zero-order valence-electron chi connectivity index (χ0n) is 22.7. The SMILES string of the molecule is O=C(CN(Cc1ccc(Cl)cc1Cl)S(=O)(=O)c1ccc(Br)cc1)N1CCN(C(c2ccccc2)c2ccccc2)CC1. The van der Waals surface area contributed by atoms with Crippen LogP contribution in [0.3, 0.4) is 0 Å². The van der Waals surface area contributed by atoms with Gasteiger partial charge in [-0.2, -0.15) is 4.31 Å². The summed E-state index contributed by atoms with van der Waals surface area (Å²) in [5.41, 5.74) is 2.94. The number of hydrogen-bond donors (Lipinski definition) is 0. The van der Waals surface area contributed by atoms with Gasteiger partial charge in [0, 0.05) is 47.2 Å². The van der Waals surface area contributed by atoms with Crippen LogP contribution in [0.4, 0.5) is 0 Å². The molecule has 10 heteroatoms. The Bertz CT molecular complexity index is 1580. The maximum absolute atomic E-state index is 13.8. The third kappa shape index (κ3) is 7.25. The topological polar surface area (TPSA) is 60.9 Å². The number of amides is 1. The van der Waals surface area contributed by atoms with Crippen LogP contribution in [0.25, 0.3) is 0 Å². The third-order valence-corrected chi connectivity index (χ3v) is 10.3. The van der Waals surface area contributed by atoms with Crippen LogP contribution < -0.4 is 0 Å². The van der Waals surface area contributed by atoms with E-state index >= 15 is 0 Å². The van der Waals surface area contributed by atoms with Crippen molar-refractivity contribution in [3.05, 3.63) is 134 Å². The Kier molecular flexibility index (Phi) is 10.0. The summed E-state index contributed by atoms with van der Waals surface area (Å²) < 4.78 is 29.5. The van der Waals surface area contributed by atoms with Gasteiger partial charge in [-0.25, -0.2) is 8.42 Å². The van der Waals surface area contributed by atoms with Gasteiger partial charge < -0.3 is 4.90 Å². The standard InChI is InChI=1S/C32H30BrCl2N3O3S/c33-27-12-15-29(16-13-27)42(40,41)38(22-26-11-14-28(34)21-30(26)35)23-31(39)36-17-19-37(20-18-36)32(24-7-3-1-4-8-24)25-9-5-2-6-10-25/h1-16,21,32H,17-20,22-23H2. The van der Waals surface area contributed by atoms with Crippen molar-refractivity contribution in [2.45, 2.75) is 17.5 Å². The van der Waals surface area contributed by atoms with Gasteiger partial charge in [0.05, 0.1) is 17.5 Å². The predicted molar refractivity (Wildman–Crippen MR) is 171 cm³/mol. The number of rotatable bonds is 9. The van der Waals surface area contributed by atoms with E-state index in [1.54, 1.807) is 35.2 Å². The first-order valence-electron chi connectivity index (χ1n) is 13.5. The van der Waals surface area contributed by atoms with Crippen molar-refractivity contribution < 1.29 is 13.2 Å². The van der Waals surface area contributed by atoms with Crippen molar-refractivity contribution in [2.24, 2.45) is 0 Å². The van der Waals surface area contributed by atoms with Gasteiger partial charge in [-0.3, -0.25) is 9.69 Å². The van der Waals surface area contributed by atoms with Crippen molar-refractivity contribution in [1.29, 1.82) is 0 Å². The van der Waals surface area contributed by atoms with Crippen LogP contribution in [-0.4, -0.2) is 61.2 Å². The van der Waals surface area contributed by atoms with Crippen molar-refractivity contribution >= 4 is 55.1 Å². The minimum atomic E-state index is -4.01. The van der Waals surface area contributed by atoms with E-state index in [4.69, 9.17) is 23.2 Å². The Morgan fingerprint density at radius 1 is 0.810 bits per heavy atom. The highest BCUT2D eigenvalue weighted by Gasteiger charge is 2.32. The molecule has 42 heavy (non-hydrogen) atoms. The molecule has 4 aromatic rings. The second kappa shape index (κ2) is 13.7. The van der Waals surface area contributed by atoms with E-state index in [0.29, 0.717) is 41.8 Å². The molecule has 1 fully saturated rings. The Morgan fingerprint density at radius 2 is 1.38 bits per heavy atom. The molecule has 0 aliphatic carbocycles. The Morgan fingerprint density at radius 3 is 1.93 bits per heavy atom. The van der Waals surface area contributed by atoms with Crippen LogP contribution in [0.5, 0.6) is 0 Å². The second-order valence-corrected chi connectivity index (χ2v) is 13.8. The summed E-state index contributed by atoms with van der Waals surface area (Å²) in [5, 5.41) is 0.789. The second-order valence-electron chi connectivity index (χ2n) is 10.1. The number of hydrogen-bond acceptors (Lipinski definition) is 4. The van der Waals surface area contributed by atoms with E-state index in [2.05, 4.69) is 45.1 Å². The molecule has 0 radical (unpaired) electrons. The average Bonchev–Trinajstić information content (AvgIpc) is 3.00. The highest BCUT2D eigenvalue weighted by Crippen LogP contribution is 2.30. The smallest absolute Gasteiger partial charge is 0.243 e. The molecule has 0 atom stereocenters. The molecule has 0 aromatic heterocycles. The maximum atomic E-state index is 13.8. The number of carbonyl (C=O) groups excluding carboxylic acids is 1. The zero-order chi connectivity index (χ0) is 29.7. The molecule has 218 valence electrons. The first-order valence-corrected chi connectivity index (χ1v) is 16.5. The quantitative estimate of drug-likeness (QED) is 0.193. The summed E-state index contributed by atoms with van der Waals surface area (Å²) in [4.78, 5) is 17.8. The number of nitrogens with zero attached hydrogens (tertiary/aromatic N) is 3. The maximum Gasteiger partial charge on any atom is 0.243 e. The lowest BCUT2D eigenvalue weighted by Crippen LogP contribution is -2.52. The summed E-state index contributed by atoms with van der Waals surface area (Å²) >= 11 is 15.8. The van der Waals surface area contributed by atoms with Gasteiger partial charge in [-0.1, -0.05) is 106 Å². The Hall–Kier alpha value is -2.72. The molecule has 0 bridgehead atoms. The van der Waals surface area contributed by atoms with E-state index < -0.39 is 10.0 Å². The molecule has 1 amide bonds. The largest absolute Gasteiger partial charge is 0.339 e. The molecule has 1 saturated heterocycles. The normalized spacial score (nSPS) is 14.5. The molecule has 0 N–H and O–H groups in total. The fourth-order valence-electron chi connectivity index (χ4n) is 5.19. The number of piperazine rings is 1. The number of carbonyl (C=O) groups is 1. The van der Waals surface area contributed by atoms with Crippen LogP contribution in [0, 0.1) is 0 Å². The van der Waals surface area contributed by atoms with Gasteiger partial charge in [-0.15, -0.1) is 0 Å². The summed E-state index contributed by atoms with van der Waals surface area (Å²) in [6, 6.07) is 32.0. The summed E-state index contributed by atoms with van der Waals surface area (Å²) in [7, 11) is -4.01. The monoisotopic (exact) mass is 685 g/mol. The third-order valence-electron chi connectivity index (χ3n) is 7.39. The zero-order valence-corrected chi connectivity index (χ0v) is 26.7. The molecule has 1 aliphatic heterocycles. The van der Waals surface area contributed by atoms with Crippen molar-refractivity contribution in [3.63, 3.8) is 0 Å². The molecule has 0 unspecified atom stereocenters. The van der Waals surface area contributed by atoms with E-state index in [1.165, 1.54) is 27.6 Å². The molecule has 1 heterocycles. The minimum absolute atomic E-state index is 0.0611. The molecule has 1 aliphatic rings. The molecule has 0 spiro atoms. The first-order chi connectivity index (χ1) is 20.2. The predicted octanol–water partition coefficient (Wildman–Crippen LogP) is 6.88. The van der Waals surface area contributed by atoms with Crippen LogP contribution in [0.15, 0.2) is 112 Å². The molecular weight excluding hydrogens is 657 g/mol. The van der Waals surface area contributed by atoms with Crippen LogP contribution in [-0.2, 0) is 21.4 Å². The van der Waals surface area contributed by atoms with E-state index in [0.717, 1.165) is 4.47 Å². The average molecular weight is 687 g/mol. The highest BCUT2D eigenvalue weighted by molar-refractivity contribution is 9.10.